The second kappa shape index (κ2) is 18.5. The van der Waals surface area contributed by atoms with Gasteiger partial charge >= 0.3 is 0 Å². The van der Waals surface area contributed by atoms with Crippen LogP contribution in [0.1, 0.15) is 26.3 Å². The number of hydrogen-bond donors (Lipinski definition) is 0. The summed E-state index contributed by atoms with van der Waals surface area (Å²) in [6.45, 7) is 17.6. The number of carbonyl (C=O) groups is 1. The van der Waals surface area contributed by atoms with Crippen molar-refractivity contribution in [2.75, 3.05) is 79.3 Å². The lowest BCUT2D eigenvalue weighted by Crippen LogP contribution is -2.41. The zero-order valence-electron chi connectivity index (χ0n) is 24.5. The summed E-state index contributed by atoms with van der Waals surface area (Å²) in [6.07, 6.45) is 1.34. The first-order chi connectivity index (χ1) is 18.7. The van der Waals surface area contributed by atoms with E-state index in [9.17, 15) is 4.79 Å². The van der Waals surface area contributed by atoms with E-state index < -0.39 is 8.32 Å². The predicted molar refractivity (Wildman–Crippen MR) is 156 cm³/mol. The van der Waals surface area contributed by atoms with Crippen LogP contribution in [-0.2, 0) is 39.3 Å². The standard InChI is InChI=1S/C30H48O8Si/c1-30(2,3)39(4,5)38-24-22-36-20-18-34-16-14-32-13-15-33-17-19-35-21-23-37-28-9-10-29-26(11-12-31)7-6-8-27(29)25-28/h6-10,12,25H,11,13-24H2,1-5H3. The van der Waals surface area contributed by atoms with Gasteiger partial charge in [-0.3, -0.25) is 0 Å². The summed E-state index contributed by atoms with van der Waals surface area (Å²) in [5, 5.41) is 2.35. The van der Waals surface area contributed by atoms with Crippen LogP contribution < -0.4 is 4.74 Å². The van der Waals surface area contributed by atoms with Crippen LogP contribution >= 0.6 is 0 Å². The van der Waals surface area contributed by atoms with Crippen LogP contribution in [0.3, 0.4) is 0 Å². The molecule has 0 saturated carbocycles. The number of hydrogen-bond acceptors (Lipinski definition) is 8. The molecule has 9 heteroatoms. The van der Waals surface area contributed by atoms with E-state index in [4.69, 9.17) is 32.8 Å². The van der Waals surface area contributed by atoms with Crippen LogP contribution in [0.2, 0.25) is 18.1 Å². The normalized spacial score (nSPS) is 12.2. The minimum absolute atomic E-state index is 0.218. The minimum atomic E-state index is -1.70. The number of carbonyl (C=O) groups excluding carboxylic acids is 1. The average molecular weight is 565 g/mol. The van der Waals surface area contributed by atoms with Crippen molar-refractivity contribution in [3.8, 4) is 5.75 Å². The van der Waals surface area contributed by atoms with Gasteiger partial charge in [-0.05, 0) is 46.6 Å². The Bertz CT molecular complexity index is 944. The van der Waals surface area contributed by atoms with E-state index in [0.717, 1.165) is 28.4 Å². The van der Waals surface area contributed by atoms with E-state index in [-0.39, 0.29) is 5.04 Å². The van der Waals surface area contributed by atoms with Crippen molar-refractivity contribution in [1.29, 1.82) is 0 Å². The van der Waals surface area contributed by atoms with E-state index in [1.54, 1.807) is 0 Å². The summed E-state index contributed by atoms with van der Waals surface area (Å²) in [6, 6.07) is 11.9. The number of aldehydes is 1. The van der Waals surface area contributed by atoms with Crippen LogP contribution in [0.4, 0.5) is 0 Å². The largest absolute Gasteiger partial charge is 0.491 e. The van der Waals surface area contributed by atoms with Crippen LogP contribution in [0, 0.1) is 0 Å². The molecule has 2 aromatic rings. The Morgan fingerprint density at radius 2 is 1.21 bits per heavy atom. The van der Waals surface area contributed by atoms with Gasteiger partial charge in [-0.2, -0.15) is 0 Å². The van der Waals surface area contributed by atoms with E-state index in [0.29, 0.717) is 85.7 Å². The third-order valence-electron chi connectivity index (χ3n) is 6.73. The van der Waals surface area contributed by atoms with E-state index in [1.807, 2.05) is 36.4 Å². The molecule has 39 heavy (non-hydrogen) atoms. The molecule has 0 aliphatic heterocycles. The van der Waals surface area contributed by atoms with Crippen molar-refractivity contribution >= 4 is 25.4 Å². The van der Waals surface area contributed by atoms with E-state index in [1.165, 1.54) is 0 Å². The molecule has 0 fully saturated rings. The van der Waals surface area contributed by atoms with Crippen LogP contribution in [0.15, 0.2) is 36.4 Å². The van der Waals surface area contributed by atoms with Crippen molar-refractivity contribution in [3.05, 3.63) is 42.0 Å². The molecular weight excluding hydrogens is 516 g/mol. The lowest BCUT2D eigenvalue weighted by atomic mass is 10.0. The lowest BCUT2D eigenvalue weighted by Gasteiger charge is -2.36. The summed E-state index contributed by atoms with van der Waals surface area (Å²) < 4.78 is 39.6. The van der Waals surface area contributed by atoms with Crippen molar-refractivity contribution in [3.63, 3.8) is 0 Å². The van der Waals surface area contributed by atoms with Gasteiger partial charge < -0.3 is 37.6 Å². The molecule has 0 aromatic heterocycles. The van der Waals surface area contributed by atoms with Crippen LogP contribution in [0.5, 0.6) is 5.75 Å². The number of fused-ring (bicyclic) bond motifs is 1. The molecule has 0 atom stereocenters. The van der Waals surface area contributed by atoms with Crippen molar-refractivity contribution in [2.45, 2.75) is 45.3 Å². The Labute approximate surface area is 235 Å². The van der Waals surface area contributed by atoms with E-state index in [2.05, 4.69) is 33.9 Å². The Morgan fingerprint density at radius 1 is 0.692 bits per heavy atom. The smallest absolute Gasteiger partial charge is 0.192 e. The highest BCUT2D eigenvalue weighted by Crippen LogP contribution is 2.36. The highest BCUT2D eigenvalue weighted by molar-refractivity contribution is 6.74. The lowest BCUT2D eigenvalue weighted by molar-refractivity contribution is -0.107. The molecule has 8 nitrogen and oxygen atoms in total. The maximum Gasteiger partial charge on any atom is 0.192 e. The highest BCUT2D eigenvalue weighted by atomic mass is 28.4. The zero-order chi connectivity index (χ0) is 28.4. The zero-order valence-corrected chi connectivity index (χ0v) is 25.5. The summed E-state index contributed by atoms with van der Waals surface area (Å²) >= 11 is 0. The van der Waals surface area contributed by atoms with Gasteiger partial charge in [-0.15, -0.1) is 0 Å². The van der Waals surface area contributed by atoms with Gasteiger partial charge in [0, 0.05) is 6.42 Å². The highest BCUT2D eigenvalue weighted by Gasteiger charge is 2.36. The maximum absolute atomic E-state index is 10.8. The Morgan fingerprint density at radius 3 is 1.72 bits per heavy atom. The maximum atomic E-state index is 10.8. The minimum Gasteiger partial charge on any atom is -0.491 e. The molecule has 220 valence electrons. The first kappa shape index (κ1) is 33.4. The molecule has 2 rings (SSSR count). The van der Waals surface area contributed by atoms with Crippen LogP contribution in [-0.4, -0.2) is 93.9 Å². The third kappa shape index (κ3) is 13.4. The molecule has 0 unspecified atom stereocenters. The summed E-state index contributed by atoms with van der Waals surface area (Å²) in [7, 11) is -1.70. The van der Waals surface area contributed by atoms with Crippen molar-refractivity contribution < 1.29 is 37.6 Å². The second-order valence-corrected chi connectivity index (χ2v) is 15.5. The molecule has 0 aliphatic rings. The first-order valence-electron chi connectivity index (χ1n) is 13.9. The predicted octanol–water partition coefficient (Wildman–Crippen LogP) is 5.06. The van der Waals surface area contributed by atoms with Gasteiger partial charge in [0.15, 0.2) is 8.32 Å². The number of benzene rings is 2. The molecule has 0 saturated heterocycles. The molecule has 0 aliphatic carbocycles. The van der Waals surface area contributed by atoms with Crippen molar-refractivity contribution in [1.82, 2.24) is 0 Å². The Kier molecular flexibility index (Phi) is 15.8. The molecule has 0 N–H and O–H groups in total. The summed E-state index contributed by atoms with van der Waals surface area (Å²) in [5.74, 6) is 0.783. The SMILES string of the molecule is CC(C)(C)[Si](C)(C)OCCOCCOCCOCCOCCOCCOc1ccc2c(CC=O)cccc2c1. The molecule has 0 heterocycles. The van der Waals surface area contributed by atoms with Crippen LogP contribution in [0.25, 0.3) is 10.8 Å². The number of rotatable bonds is 22. The fraction of sp³-hybridized carbons (Fsp3) is 0.633. The topological polar surface area (TPSA) is 81.7 Å². The molecule has 0 amide bonds. The monoisotopic (exact) mass is 564 g/mol. The Hall–Kier alpha value is -1.85. The fourth-order valence-electron chi connectivity index (χ4n) is 3.46. The van der Waals surface area contributed by atoms with E-state index >= 15 is 0 Å². The number of ether oxygens (including phenoxy) is 6. The van der Waals surface area contributed by atoms with Gasteiger partial charge in [-0.1, -0.05) is 45.0 Å². The third-order valence-corrected chi connectivity index (χ3v) is 11.3. The van der Waals surface area contributed by atoms with Gasteiger partial charge in [-0.25, -0.2) is 0 Å². The quantitative estimate of drug-likeness (QED) is 0.111. The molecule has 0 bridgehead atoms. The second-order valence-electron chi connectivity index (χ2n) is 10.7. The first-order valence-corrected chi connectivity index (χ1v) is 16.8. The fourth-order valence-corrected chi connectivity index (χ4v) is 4.49. The Balaban J connectivity index is 1.35. The molecule has 0 spiro atoms. The van der Waals surface area contributed by atoms with Gasteiger partial charge in [0.05, 0.1) is 72.7 Å². The van der Waals surface area contributed by atoms with Gasteiger partial charge in [0.25, 0.3) is 0 Å². The molecule has 2 aromatic carbocycles. The van der Waals surface area contributed by atoms with Gasteiger partial charge in [0.2, 0.25) is 0 Å². The van der Waals surface area contributed by atoms with Crippen molar-refractivity contribution in [2.24, 2.45) is 0 Å². The summed E-state index contributed by atoms with van der Waals surface area (Å²) in [5.41, 5.74) is 1.02. The average Bonchev–Trinajstić information content (AvgIpc) is 2.89. The molecule has 0 radical (unpaired) electrons. The summed E-state index contributed by atoms with van der Waals surface area (Å²) in [4.78, 5) is 10.8. The van der Waals surface area contributed by atoms with Gasteiger partial charge in [0.1, 0.15) is 18.6 Å². The molecular formula is C30H48O8Si.